The standard InChI is InChI=1S/C13H10FN3O4/c14-11-4-2-1-3-8(11)5-10(13(18)19)12-15-6-9(7-16-12)17(20)21/h1-4,6-7,10H,5H2,(H,18,19). The van der Waals surface area contributed by atoms with E-state index in [2.05, 4.69) is 9.97 Å². The number of rotatable bonds is 5. The van der Waals surface area contributed by atoms with Gasteiger partial charge in [-0.05, 0) is 18.1 Å². The van der Waals surface area contributed by atoms with E-state index < -0.39 is 22.6 Å². The molecule has 1 atom stereocenters. The first-order valence-electron chi connectivity index (χ1n) is 5.91. The second-order valence-corrected chi connectivity index (χ2v) is 4.24. The van der Waals surface area contributed by atoms with Crippen molar-refractivity contribution in [3.8, 4) is 0 Å². The first-order valence-corrected chi connectivity index (χ1v) is 5.91. The van der Waals surface area contributed by atoms with Crippen LogP contribution in [-0.2, 0) is 11.2 Å². The number of carboxylic acid groups (broad SMARTS) is 1. The third-order valence-electron chi connectivity index (χ3n) is 2.86. The number of hydrogen-bond donors (Lipinski definition) is 1. The maximum absolute atomic E-state index is 13.6. The van der Waals surface area contributed by atoms with Crippen LogP contribution in [0.4, 0.5) is 10.1 Å². The molecule has 0 aliphatic heterocycles. The van der Waals surface area contributed by atoms with Gasteiger partial charge >= 0.3 is 11.7 Å². The van der Waals surface area contributed by atoms with Gasteiger partial charge in [0.25, 0.3) is 0 Å². The summed E-state index contributed by atoms with van der Waals surface area (Å²) in [5, 5.41) is 19.7. The molecule has 108 valence electrons. The van der Waals surface area contributed by atoms with E-state index in [1.807, 2.05) is 0 Å². The number of aromatic nitrogens is 2. The molecular formula is C13H10FN3O4. The summed E-state index contributed by atoms with van der Waals surface area (Å²) in [6.45, 7) is 0. The molecule has 0 saturated heterocycles. The van der Waals surface area contributed by atoms with E-state index in [1.54, 1.807) is 6.07 Å². The molecule has 0 spiro atoms. The van der Waals surface area contributed by atoms with Crippen molar-refractivity contribution in [2.24, 2.45) is 0 Å². The van der Waals surface area contributed by atoms with Crippen LogP contribution >= 0.6 is 0 Å². The summed E-state index contributed by atoms with van der Waals surface area (Å²) in [4.78, 5) is 28.5. The number of benzene rings is 1. The number of nitro groups is 1. The fraction of sp³-hybridized carbons (Fsp3) is 0.154. The molecule has 0 aliphatic rings. The zero-order chi connectivity index (χ0) is 15.4. The normalized spacial score (nSPS) is 11.9. The molecule has 1 heterocycles. The number of carbonyl (C=O) groups is 1. The van der Waals surface area contributed by atoms with Gasteiger partial charge in [-0.1, -0.05) is 18.2 Å². The summed E-state index contributed by atoms with van der Waals surface area (Å²) in [5.74, 6) is -3.03. The van der Waals surface area contributed by atoms with Crippen LogP contribution < -0.4 is 0 Å². The summed E-state index contributed by atoms with van der Waals surface area (Å²) in [6.07, 6.45) is 1.72. The van der Waals surface area contributed by atoms with Gasteiger partial charge in [0.2, 0.25) is 0 Å². The second kappa shape index (κ2) is 6.04. The third kappa shape index (κ3) is 3.35. The van der Waals surface area contributed by atoms with Crippen molar-refractivity contribution in [3.05, 3.63) is 64.0 Å². The van der Waals surface area contributed by atoms with Crippen molar-refractivity contribution in [2.45, 2.75) is 12.3 Å². The Hall–Kier alpha value is -2.90. The Morgan fingerprint density at radius 1 is 1.33 bits per heavy atom. The fourth-order valence-corrected chi connectivity index (χ4v) is 1.78. The van der Waals surface area contributed by atoms with Crippen LogP contribution in [0.2, 0.25) is 0 Å². The van der Waals surface area contributed by atoms with Gasteiger partial charge in [0, 0.05) is 0 Å². The molecule has 2 aromatic rings. The maximum atomic E-state index is 13.6. The van der Waals surface area contributed by atoms with E-state index in [-0.39, 0.29) is 23.5 Å². The van der Waals surface area contributed by atoms with Crippen molar-refractivity contribution in [1.29, 1.82) is 0 Å². The molecule has 1 N–H and O–H groups in total. The molecular weight excluding hydrogens is 281 g/mol. The van der Waals surface area contributed by atoms with Gasteiger partial charge < -0.3 is 5.11 Å². The first-order chi connectivity index (χ1) is 9.99. The van der Waals surface area contributed by atoms with Crippen LogP contribution in [0, 0.1) is 15.9 Å². The lowest BCUT2D eigenvalue weighted by atomic mass is 9.98. The third-order valence-corrected chi connectivity index (χ3v) is 2.86. The van der Waals surface area contributed by atoms with Crippen LogP contribution in [0.5, 0.6) is 0 Å². The van der Waals surface area contributed by atoms with Gasteiger partial charge in [-0.25, -0.2) is 14.4 Å². The Balaban J connectivity index is 2.29. The van der Waals surface area contributed by atoms with Crippen molar-refractivity contribution in [3.63, 3.8) is 0 Å². The van der Waals surface area contributed by atoms with E-state index in [9.17, 15) is 24.4 Å². The van der Waals surface area contributed by atoms with E-state index in [4.69, 9.17) is 0 Å². The number of hydrogen-bond acceptors (Lipinski definition) is 5. The van der Waals surface area contributed by atoms with E-state index >= 15 is 0 Å². The quantitative estimate of drug-likeness (QED) is 0.666. The summed E-state index contributed by atoms with van der Waals surface area (Å²) in [6, 6.07) is 5.78. The van der Waals surface area contributed by atoms with Crippen LogP contribution in [0.3, 0.4) is 0 Å². The average molecular weight is 291 g/mol. The summed E-state index contributed by atoms with van der Waals surface area (Å²) in [5.41, 5.74) is -0.124. The molecule has 0 bridgehead atoms. The van der Waals surface area contributed by atoms with Gasteiger partial charge in [-0.15, -0.1) is 0 Å². The molecule has 0 amide bonds. The average Bonchev–Trinajstić information content (AvgIpc) is 2.46. The smallest absolute Gasteiger partial charge is 0.314 e. The van der Waals surface area contributed by atoms with Crippen LogP contribution in [-0.4, -0.2) is 26.0 Å². The largest absolute Gasteiger partial charge is 0.481 e. The van der Waals surface area contributed by atoms with Gasteiger partial charge in [-0.2, -0.15) is 0 Å². The van der Waals surface area contributed by atoms with Gasteiger partial charge in [0.15, 0.2) is 0 Å². The van der Waals surface area contributed by atoms with Crippen LogP contribution in [0.25, 0.3) is 0 Å². The summed E-state index contributed by atoms with van der Waals surface area (Å²) >= 11 is 0. The second-order valence-electron chi connectivity index (χ2n) is 4.24. The molecule has 0 radical (unpaired) electrons. The molecule has 21 heavy (non-hydrogen) atoms. The lowest BCUT2D eigenvalue weighted by Gasteiger charge is -2.11. The predicted molar refractivity (Wildman–Crippen MR) is 69.2 cm³/mol. The zero-order valence-corrected chi connectivity index (χ0v) is 10.6. The van der Waals surface area contributed by atoms with E-state index in [0.717, 1.165) is 12.4 Å². The number of halogens is 1. The minimum absolute atomic E-state index is 0.101. The summed E-state index contributed by atoms with van der Waals surface area (Å²) < 4.78 is 13.6. The van der Waals surface area contributed by atoms with Crippen LogP contribution in [0.1, 0.15) is 17.3 Å². The first kappa shape index (κ1) is 14.5. The highest BCUT2D eigenvalue weighted by Gasteiger charge is 2.25. The minimum Gasteiger partial charge on any atom is -0.481 e. The topological polar surface area (TPSA) is 106 Å². The lowest BCUT2D eigenvalue weighted by Crippen LogP contribution is -2.18. The van der Waals surface area contributed by atoms with Crippen LogP contribution in [0.15, 0.2) is 36.7 Å². The monoisotopic (exact) mass is 291 g/mol. The molecule has 1 aromatic heterocycles. The molecule has 0 saturated carbocycles. The number of carboxylic acids is 1. The molecule has 1 aromatic carbocycles. The van der Waals surface area contributed by atoms with Crippen molar-refractivity contribution in [2.75, 3.05) is 0 Å². The van der Waals surface area contributed by atoms with Crippen molar-refractivity contribution in [1.82, 2.24) is 9.97 Å². The molecule has 8 heteroatoms. The van der Waals surface area contributed by atoms with E-state index in [0.29, 0.717) is 0 Å². The molecule has 1 unspecified atom stereocenters. The Labute approximate surface area is 118 Å². The lowest BCUT2D eigenvalue weighted by molar-refractivity contribution is -0.385. The molecule has 0 fully saturated rings. The Morgan fingerprint density at radius 2 is 1.95 bits per heavy atom. The van der Waals surface area contributed by atoms with Crippen molar-refractivity contribution < 1.29 is 19.2 Å². The van der Waals surface area contributed by atoms with Crippen molar-refractivity contribution >= 4 is 11.7 Å². The Kier molecular flexibility index (Phi) is 4.17. The predicted octanol–water partition coefficient (Wildman–Crippen LogP) is 1.93. The number of nitrogens with zero attached hydrogens (tertiary/aromatic N) is 3. The summed E-state index contributed by atoms with van der Waals surface area (Å²) in [7, 11) is 0. The highest BCUT2D eigenvalue weighted by molar-refractivity contribution is 5.75. The van der Waals surface area contributed by atoms with Gasteiger partial charge in [0.1, 0.15) is 30.0 Å². The molecule has 0 aliphatic carbocycles. The SMILES string of the molecule is O=C(O)C(Cc1ccccc1F)c1ncc([N+](=O)[O-])cn1. The number of aliphatic carboxylic acids is 1. The van der Waals surface area contributed by atoms with Gasteiger partial charge in [0.05, 0.1) is 4.92 Å². The zero-order valence-electron chi connectivity index (χ0n) is 10.6. The highest BCUT2D eigenvalue weighted by atomic mass is 19.1. The Bertz CT molecular complexity index is 675. The minimum atomic E-state index is -1.23. The highest BCUT2D eigenvalue weighted by Crippen LogP contribution is 2.21. The molecule has 2 rings (SSSR count). The maximum Gasteiger partial charge on any atom is 0.314 e. The fourth-order valence-electron chi connectivity index (χ4n) is 1.78. The Morgan fingerprint density at radius 3 is 2.48 bits per heavy atom. The van der Waals surface area contributed by atoms with E-state index in [1.165, 1.54) is 18.2 Å². The molecule has 7 nitrogen and oxygen atoms in total. The van der Waals surface area contributed by atoms with Gasteiger partial charge in [-0.3, -0.25) is 14.9 Å².